The fourth-order valence-corrected chi connectivity index (χ4v) is 2.37. The van der Waals surface area contributed by atoms with Gasteiger partial charge in [0.05, 0.1) is 6.07 Å². The van der Waals surface area contributed by atoms with Gasteiger partial charge in [-0.15, -0.1) is 0 Å². The third-order valence-corrected chi connectivity index (χ3v) is 3.76. The summed E-state index contributed by atoms with van der Waals surface area (Å²) < 4.78 is 18.9. The van der Waals surface area contributed by atoms with E-state index in [9.17, 15) is 9.65 Å². The molecule has 1 aliphatic rings. The third-order valence-electron chi connectivity index (χ3n) is 3.76. The summed E-state index contributed by atoms with van der Waals surface area (Å²) in [7, 11) is 0. The Balaban J connectivity index is 2.06. The number of nitrogens with one attached hydrogen (secondary N) is 1. The van der Waals surface area contributed by atoms with Gasteiger partial charge in [0.25, 0.3) is 0 Å². The van der Waals surface area contributed by atoms with E-state index in [1.165, 1.54) is 12.1 Å². The molecule has 0 saturated heterocycles. The van der Waals surface area contributed by atoms with Crippen molar-refractivity contribution in [1.82, 2.24) is 5.32 Å². The second-order valence-corrected chi connectivity index (χ2v) is 5.48. The van der Waals surface area contributed by atoms with Crippen LogP contribution in [-0.2, 0) is 0 Å². The number of hydrogen-bond acceptors (Lipinski definition) is 3. The van der Waals surface area contributed by atoms with E-state index in [-0.39, 0.29) is 5.82 Å². The van der Waals surface area contributed by atoms with E-state index in [1.54, 1.807) is 6.07 Å². The van der Waals surface area contributed by atoms with Crippen molar-refractivity contribution in [3.63, 3.8) is 0 Å². The molecule has 2 rings (SSSR count). The lowest BCUT2D eigenvalue weighted by Crippen LogP contribution is -2.51. The van der Waals surface area contributed by atoms with Crippen LogP contribution in [0.1, 0.15) is 31.7 Å². The minimum atomic E-state index is -0.614. The number of halogens is 1. The van der Waals surface area contributed by atoms with Crippen molar-refractivity contribution in [2.45, 2.75) is 38.6 Å². The molecule has 0 spiro atoms. The summed E-state index contributed by atoms with van der Waals surface area (Å²) in [5.41, 5.74) is 0.139. The van der Waals surface area contributed by atoms with Crippen LogP contribution < -0.4 is 10.1 Å². The van der Waals surface area contributed by atoms with Gasteiger partial charge in [-0.1, -0.05) is 6.92 Å². The molecular formula is C16H21FN2O. The number of aryl methyl sites for hydroxylation is 1. The zero-order chi connectivity index (χ0) is 14.6. The van der Waals surface area contributed by atoms with Gasteiger partial charge >= 0.3 is 0 Å². The fraction of sp³-hybridized carbons (Fsp3) is 0.562. The van der Waals surface area contributed by atoms with E-state index in [0.717, 1.165) is 31.4 Å². The molecule has 1 N–H and O–H groups in total. The highest BCUT2D eigenvalue weighted by atomic mass is 19.1. The van der Waals surface area contributed by atoms with Gasteiger partial charge in [-0.25, -0.2) is 4.39 Å². The lowest BCUT2D eigenvalue weighted by atomic mass is 9.96. The molecule has 4 heteroatoms. The van der Waals surface area contributed by atoms with Crippen molar-refractivity contribution in [2.24, 2.45) is 5.92 Å². The number of nitrogens with zero attached hydrogens (tertiary/aromatic N) is 1. The minimum absolute atomic E-state index is 0.271. The monoisotopic (exact) mass is 276 g/mol. The molecule has 0 radical (unpaired) electrons. The molecule has 1 aliphatic carbocycles. The van der Waals surface area contributed by atoms with Crippen LogP contribution >= 0.6 is 0 Å². The first-order chi connectivity index (χ1) is 9.61. The first kappa shape index (κ1) is 14.8. The van der Waals surface area contributed by atoms with Crippen molar-refractivity contribution in [1.29, 1.82) is 5.26 Å². The van der Waals surface area contributed by atoms with Crippen LogP contribution in [0.2, 0.25) is 0 Å². The van der Waals surface area contributed by atoms with E-state index in [2.05, 4.69) is 18.3 Å². The maximum absolute atomic E-state index is 13.1. The normalized spacial score (nSPS) is 17.3. The molecule has 0 bridgehead atoms. The van der Waals surface area contributed by atoms with Gasteiger partial charge in [0.1, 0.15) is 23.7 Å². The maximum Gasteiger partial charge on any atom is 0.143 e. The van der Waals surface area contributed by atoms with Crippen LogP contribution in [-0.4, -0.2) is 18.7 Å². The Morgan fingerprint density at radius 2 is 2.25 bits per heavy atom. The Bertz CT molecular complexity index is 508. The zero-order valence-corrected chi connectivity index (χ0v) is 12.1. The SMILES string of the molecule is CCCNC(C#N)(COc1ccc(F)cc1C)C1CC1. The molecule has 0 heterocycles. The van der Waals surface area contributed by atoms with E-state index < -0.39 is 5.54 Å². The topological polar surface area (TPSA) is 45.0 Å². The highest BCUT2D eigenvalue weighted by Gasteiger charge is 2.46. The number of rotatable bonds is 7. The van der Waals surface area contributed by atoms with Crippen molar-refractivity contribution in [2.75, 3.05) is 13.2 Å². The van der Waals surface area contributed by atoms with Gasteiger partial charge in [-0.3, -0.25) is 5.32 Å². The molecule has 0 amide bonds. The third kappa shape index (κ3) is 3.29. The van der Waals surface area contributed by atoms with Gasteiger partial charge in [0.15, 0.2) is 0 Å². The summed E-state index contributed by atoms with van der Waals surface area (Å²) in [4.78, 5) is 0. The maximum atomic E-state index is 13.1. The molecule has 1 aromatic rings. The molecule has 1 fully saturated rings. The van der Waals surface area contributed by atoms with Crippen LogP contribution in [0.15, 0.2) is 18.2 Å². The average molecular weight is 276 g/mol. The molecular weight excluding hydrogens is 255 g/mol. The van der Waals surface area contributed by atoms with E-state index in [4.69, 9.17) is 4.74 Å². The lowest BCUT2D eigenvalue weighted by molar-refractivity contribution is 0.201. The smallest absolute Gasteiger partial charge is 0.143 e. The Morgan fingerprint density at radius 1 is 1.50 bits per heavy atom. The van der Waals surface area contributed by atoms with Crippen molar-refractivity contribution < 1.29 is 9.13 Å². The van der Waals surface area contributed by atoms with Crippen molar-refractivity contribution in [3.05, 3.63) is 29.6 Å². The zero-order valence-electron chi connectivity index (χ0n) is 12.1. The molecule has 1 aromatic carbocycles. The van der Waals surface area contributed by atoms with Crippen LogP contribution in [0.4, 0.5) is 4.39 Å². The van der Waals surface area contributed by atoms with Gasteiger partial charge in [-0.2, -0.15) is 5.26 Å². The largest absolute Gasteiger partial charge is 0.490 e. The molecule has 1 unspecified atom stereocenters. The van der Waals surface area contributed by atoms with E-state index >= 15 is 0 Å². The van der Waals surface area contributed by atoms with Crippen LogP contribution in [0.25, 0.3) is 0 Å². The standard InChI is InChI=1S/C16H21FN2O/c1-3-8-19-16(10-18,13-4-5-13)11-20-15-7-6-14(17)9-12(15)2/h6-7,9,13,19H,3-5,8,11H2,1-2H3. The molecule has 0 aromatic heterocycles. The second-order valence-electron chi connectivity index (χ2n) is 5.48. The Hall–Kier alpha value is -1.60. The minimum Gasteiger partial charge on any atom is -0.490 e. The summed E-state index contributed by atoms with van der Waals surface area (Å²) in [5, 5.41) is 12.9. The van der Waals surface area contributed by atoms with Crippen molar-refractivity contribution in [3.8, 4) is 11.8 Å². The predicted molar refractivity (Wildman–Crippen MR) is 76.0 cm³/mol. The van der Waals surface area contributed by atoms with Crippen molar-refractivity contribution >= 4 is 0 Å². The number of benzene rings is 1. The van der Waals surface area contributed by atoms with Crippen LogP contribution in [0.3, 0.4) is 0 Å². The second kappa shape index (κ2) is 6.23. The number of ether oxygens (including phenoxy) is 1. The predicted octanol–water partition coefficient (Wildman–Crippen LogP) is 3.18. The summed E-state index contributed by atoms with van der Waals surface area (Å²) in [5.74, 6) is 0.734. The average Bonchev–Trinajstić information content (AvgIpc) is 3.26. The molecule has 0 aliphatic heterocycles. The first-order valence-corrected chi connectivity index (χ1v) is 7.16. The Morgan fingerprint density at radius 3 is 2.80 bits per heavy atom. The molecule has 3 nitrogen and oxygen atoms in total. The molecule has 1 atom stereocenters. The van der Waals surface area contributed by atoms with Gasteiger partial charge in [-0.05, 0) is 62.4 Å². The molecule has 1 saturated carbocycles. The number of nitriles is 1. The molecule has 20 heavy (non-hydrogen) atoms. The van der Waals surface area contributed by atoms with E-state index in [0.29, 0.717) is 18.3 Å². The van der Waals surface area contributed by atoms with Gasteiger partial charge in [0, 0.05) is 0 Å². The van der Waals surface area contributed by atoms with Crippen LogP contribution in [0.5, 0.6) is 5.75 Å². The fourth-order valence-electron chi connectivity index (χ4n) is 2.37. The Kier molecular flexibility index (Phi) is 4.61. The summed E-state index contributed by atoms with van der Waals surface area (Å²) in [6.07, 6.45) is 3.11. The summed E-state index contributed by atoms with van der Waals surface area (Å²) in [6.45, 7) is 4.99. The summed E-state index contributed by atoms with van der Waals surface area (Å²) >= 11 is 0. The van der Waals surface area contributed by atoms with E-state index in [1.807, 2.05) is 6.92 Å². The highest BCUT2D eigenvalue weighted by Crippen LogP contribution is 2.40. The Labute approximate surface area is 119 Å². The van der Waals surface area contributed by atoms with Gasteiger partial charge < -0.3 is 4.74 Å². The highest BCUT2D eigenvalue weighted by molar-refractivity contribution is 5.33. The molecule has 108 valence electrons. The first-order valence-electron chi connectivity index (χ1n) is 7.16. The summed E-state index contributed by atoms with van der Waals surface area (Å²) in [6, 6.07) is 6.85. The number of hydrogen-bond donors (Lipinski definition) is 1. The lowest BCUT2D eigenvalue weighted by Gasteiger charge is -2.28. The quantitative estimate of drug-likeness (QED) is 0.832. The van der Waals surface area contributed by atoms with Crippen LogP contribution in [0, 0.1) is 30.0 Å². The van der Waals surface area contributed by atoms with Gasteiger partial charge in [0.2, 0.25) is 0 Å².